The molecule has 0 aliphatic carbocycles. The average Bonchev–Trinajstić information content (AvgIpc) is 2.98. The first-order valence-electron chi connectivity index (χ1n) is 7.37. The number of hydrogen-bond acceptors (Lipinski definition) is 1. The van der Waals surface area contributed by atoms with E-state index in [9.17, 15) is 18.0 Å². The van der Waals surface area contributed by atoms with Crippen LogP contribution in [0.5, 0.6) is 0 Å². The fourth-order valence-electron chi connectivity index (χ4n) is 2.64. The molecule has 1 aromatic heterocycles. The standard InChI is InChI=1S/C18H15F3N2O/c1-11-6-5-9-13-10-14(22-15(11)13)17(24)23-16(18(19,20)21)12-7-3-2-4-8-12/h2-10,16,22H,1H3,(H,23,24)/t16-/m1/s1. The Morgan fingerprint density at radius 1 is 1.08 bits per heavy atom. The number of carbonyl (C=O) groups excluding carboxylic acids is 1. The van der Waals surface area contributed by atoms with Gasteiger partial charge in [0.1, 0.15) is 5.69 Å². The number of hydrogen-bond donors (Lipinski definition) is 2. The Labute approximate surface area is 136 Å². The molecule has 6 heteroatoms. The Bertz CT molecular complexity index is 869. The number of aryl methyl sites for hydroxylation is 1. The van der Waals surface area contributed by atoms with E-state index in [-0.39, 0.29) is 11.3 Å². The van der Waals surface area contributed by atoms with E-state index in [2.05, 4.69) is 10.3 Å². The number of H-pyrrole nitrogens is 1. The van der Waals surface area contributed by atoms with E-state index >= 15 is 0 Å². The van der Waals surface area contributed by atoms with E-state index in [1.807, 2.05) is 19.1 Å². The molecule has 3 aromatic rings. The summed E-state index contributed by atoms with van der Waals surface area (Å²) in [6, 6.07) is 12.3. The van der Waals surface area contributed by atoms with E-state index in [0.29, 0.717) is 0 Å². The van der Waals surface area contributed by atoms with Crippen molar-refractivity contribution in [1.29, 1.82) is 0 Å². The molecule has 0 radical (unpaired) electrons. The number of amides is 1. The van der Waals surface area contributed by atoms with Gasteiger partial charge in [0.05, 0.1) is 0 Å². The third kappa shape index (κ3) is 3.13. The molecule has 124 valence electrons. The number of halogens is 3. The third-order valence-electron chi connectivity index (χ3n) is 3.84. The molecule has 0 unspecified atom stereocenters. The van der Waals surface area contributed by atoms with Crippen LogP contribution in [0.2, 0.25) is 0 Å². The van der Waals surface area contributed by atoms with Crippen LogP contribution in [0.1, 0.15) is 27.7 Å². The highest BCUT2D eigenvalue weighted by Crippen LogP contribution is 2.33. The number of rotatable bonds is 3. The Morgan fingerprint density at radius 2 is 1.79 bits per heavy atom. The van der Waals surface area contributed by atoms with E-state index in [1.54, 1.807) is 18.2 Å². The first-order chi connectivity index (χ1) is 11.4. The fourth-order valence-corrected chi connectivity index (χ4v) is 2.64. The molecule has 3 rings (SSSR count). The Hall–Kier alpha value is -2.76. The van der Waals surface area contributed by atoms with Crippen molar-refractivity contribution in [2.75, 3.05) is 0 Å². The van der Waals surface area contributed by atoms with E-state index in [4.69, 9.17) is 0 Å². The first kappa shape index (κ1) is 16.1. The summed E-state index contributed by atoms with van der Waals surface area (Å²) in [6.07, 6.45) is -4.58. The molecule has 1 amide bonds. The number of fused-ring (bicyclic) bond motifs is 1. The molecule has 2 aromatic carbocycles. The van der Waals surface area contributed by atoms with E-state index in [0.717, 1.165) is 16.5 Å². The van der Waals surface area contributed by atoms with Crippen LogP contribution in [0.25, 0.3) is 10.9 Å². The first-order valence-corrected chi connectivity index (χ1v) is 7.37. The largest absolute Gasteiger partial charge is 0.412 e. The SMILES string of the molecule is Cc1cccc2cc(C(=O)N[C@H](c3ccccc3)C(F)(F)F)[nH]c12. The highest BCUT2D eigenvalue weighted by molar-refractivity contribution is 5.98. The number of para-hydroxylation sites is 1. The average molecular weight is 332 g/mol. The van der Waals surface area contributed by atoms with Gasteiger partial charge in [-0.25, -0.2) is 0 Å². The van der Waals surface area contributed by atoms with Crippen LogP contribution in [0, 0.1) is 6.92 Å². The summed E-state index contributed by atoms with van der Waals surface area (Å²) in [7, 11) is 0. The maximum absolute atomic E-state index is 13.3. The Morgan fingerprint density at radius 3 is 2.42 bits per heavy atom. The lowest BCUT2D eigenvalue weighted by Gasteiger charge is -2.21. The lowest BCUT2D eigenvalue weighted by atomic mass is 10.1. The zero-order valence-corrected chi connectivity index (χ0v) is 12.8. The number of carbonyl (C=O) groups is 1. The molecular weight excluding hydrogens is 317 g/mol. The molecule has 3 nitrogen and oxygen atoms in total. The quantitative estimate of drug-likeness (QED) is 0.728. The molecule has 0 fully saturated rings. The molecule has 0 spiro atoms. The highest BCUT2D eigenvalue weighted by Gasteiger charge is 2.42. The second-order valence-electron chi connectivity index (χ2n) is 5.58. The number of aromatic amines is 1. The van der Waals surface area contributed by atoms with Gasteiger partial charge < -0.3 is 10.3 Å². The smallest absolute Gasteiger partial charge is 0.350 e. The summed E-state index contributed by atoms with van der Waals surface area (Å²) in [6.45, 7) is 1.86. The predicted octanol–water partition coefficient (Wildman–Crippen LogP) is 4.51. The van der Waals surface area contributed by atoms with Gasteiger partial charge >= 0.3 is 6.18 Å². The van der Waals surface area contributed by atoms with E-state index in [1.165, 1.54) is 24.3 Å². The summed E-state index contributed by atoms with van der Waals surface area (Å²) in [5, 5.41) is 2.86. The maximum Gasteiger partial charge on any atom is 0.412 e. The summed E-state index contributed by atoms with van der Waals surface area (Å²) in [5.74, 6) is -0.795. The van der Waals surface area contributed by atoms with Crippen molar-refractivity contribution in [2.45, 2.75) is 19.1 Å². The Kier molecular flexibility index (Phi) is 4.05. The van der Waals surface area contributed by atoms with Gasteiger partial charge in [-0.05, 0) is 24.1 Å². The van der Waals surface area contributed by atoms with Crippen molar-refractivity contribution in [3.8, 4) is 0 Å². The summed E-state index contributed by atoms with van der Waals surface area (Å²) < 4.78 is 40.0. The van der Waals surface area contributed by atoms with Crippen LogP contribution in [0.4, 0.5) is 13.2 Å². The number of benzene rings is 2. The van der Waals surface area contributed by atoms with Crippen molar-refractivity contribution in [2.24, 2.45) is 0 Å². The van der Waals surface area contributed by atoms with Crippen LogP contribution in [0.15, 0.2) is 54.6 Å². The second-order valence-corrected chi connectivity index (χ2v) is 5.58. The fraction of sp³-hybridized carbons (Fsp3) is 0.167. The van der Waals surface area contributed by atoms with Gasteiger partial charge in [-0.1, -0.05) is 48.5 Å². The summed E-state index contributed by atoms with van der Waals surface area (Å²) >= 11 is 0. The number of alkyl halides is 3. The zero-order valence-electron chi connectivity index (χ0n) is 12.8. The van der Waals surface area contributed by atoms with Gasteiger partial charge in [-0.15, -0.1) is 0 Å². The summed E-state index contributed by atoms with van der Waals surface area (Å²) in [5.41, 5.74) is 1.75. The molecule has 24 heavy (non-hydrogen) atoms. The van der Waals surface area contributed by atoms with Gasteiger partial charge in [0.25, 0.3) is 5.91 Å². The predicted molar refractivity (Wildman–Crippen MR) is 85.7 cm³/mol. The lowest BCUT2D eigenvalue weighted by molar-refractivity contribution is -0.155. The van der Waals surface area contributed by atoms with Crippen molar-refractivity contribution in [1.82, 2.24) is 10.3 Å². The van der Waals surface area contributed by atoms with Crippen LogP contribution in [-0.4, -0.2) is 17.1 Å². The molecule has 2 N–H and O–H groups in total. The maximum atomic E-state index is 13.3. The molecule has 1 atom stereocenters. The number of nitrogens with one attached hydrogen (secondary N) is 2. The second kappa shape index (κ2) is 6.03. The minimum Gasteiger partial charge on any atom is -0.350 e. The zero-order chi connectivity index (χ0) is 17.3. The van der Waals surface area contributed by atoms with Crippen LogP contribution in [0.3, 0.4) is 0 Å². The van der Waals surface area contributed by atoms with Crippen molar-refractivity contribution in [3.63, 3.8) is 0 Å². The Balaban J connectivity index is 1.91. The molecular formula is C18H15F3N2O. The minimum atomic E-state index is -4.58. The molecule has 1 heterocycles. The van der Waals surface area contributed by atoms with Crippen LogP contribution in [-0.2, 0) is 0 Å². The van der Waals surface area contributed by atoms with Crippen molar-refractivity contribution in [3.05, 3.63) is 71.4 Å². The van der Waals surface area contributed by atoms with Gasteiger partial charge in [0.2, 0.25) is 0 Å². The highest BCUT2D eigenvalue weighted by atomic mass is 19.4. The summed E-state index contributed by atoms with van der Waals surface area (Å²) in [4.78, 5) is 15.2. The number of aromatic nitrogens is 1. The lowest BCUT2D eigenvalue weighted by Crippen LogP contribution is -2.38. The molecule has 0 aliphatic heterocycles. The van der Waals surface area contributed by atoms with Gasteiger partial charge in [-0.3, -0.25) is 4.79 Å². The molecule has 0 saturated carbocycles. The topological polar surface area (TPSA) is 44.9 Å². The molecule has 0 bridgehead atoms. The van der Waals surface area contributed by atoms with Crippen LogP contribution >= 0.6 is 0 Å². The normalized spacial score (nSPS) is 13.0. The minimum absolute atomic E-state index is 0.00867. The van der Waals surface area contributed by atoms with Crippen molar-refractivity contribution >= 4 is 16.8 Å². The van der Waals surface area contributed by atoms with Crippen LogP contribution < -0.4 is 5.32 Å². The monoisotopic (exact) mass is 332 g/mol. The molecule has 0 aliphatic rings. The van der Waals surface area contributed by atoms with Gasteiger partial charge in [0, 0.05) is 10.9 Å². The van der Waals surface area contributed by atoms with Crippen molar-refractivity contribution < 1.29 is 18.0 Å². The van der Waals surface area contributed by atoms with Gasteiger partial charge in [0.15, 0.2) is 6.04 Å². The van der Waals surface area contributed by atoms with Gasteiger partial charge in [-0.2, -0.15) is 13.2 Å². The third-order valence-corrected chi connectivity index (χ3v) is 3.84. The van der Waals surface area contributed by atoms with E-state index < -0.39 is 18.1 Å². The molecule has 0 saturated heterocycles.